The summed E-state index contributed by atoms with van der Waals surface area (Å²) in [7, 11) is 0. The number of hydrogen-bond donors (Lipinski definition) is 0. The van der Waals surface area contributed by atoms with Crippen molar-refractivity contribution in [2.75, 3.05) is 0 Å². The van der Waals surface area contributed by atoms with E-state index in [2.05, 4.69) is 9.97 Å². The molecule has 0 amide bonds. The van der Waals surface area contributed by atoms with Crippen LogP contribution in [-0.2, 0) is 6.54 Å². The second-order valence-corrected chi connectivity index (χ2v) is 7.11. The molecular weight excluding hydrogens is 354 g/mol. The smallest absolute Gasteiger partial charge is 0.263 e. The van der Waals surface area contributed by atoms with Gasteiger partial charge in [-0.1, -0.05) is 47.5 Å². The minimum absolute atomic E-state index is 0.0447. The molecule has 0 saturated carbocycles. The molecule has 0 unspecified atom stereocenters. The summed E-state index contributed by atoms with van der Waals surface area (Å²) in [6.45, 7) is 2.46. The molecule has 0 aliphatic carbocycles. The quantitative estimate of drug-likeness (QED) is 0.500. The Kier molecular flexibility index (Phi) is 4.11. The molecule has 4 rings (SSSR count). The number of pyridine rings is 1. The molecular formula is C19H14ClN3OS. The Morgan fingerprint density at radius 2 is 1.92 bits per heavy atom. The maximum Gasteiger partial charge on any atom is 0.263 e. The Balaban J connectivity index is 1.81. The molecule has 1 aromatic carbocycles. The van der Waals surface area contributed by atoms with E-state index < -0.39 is 0 Å². The largest absolute Gasteiger partial charge is 0.294 e. The molecule has 3 aromatic heterocycles. The summed E-state index contributed by atoms with van der Waals surface area (Å²) in [5.74, 6) is 0. The topological polar surface area (TPSA) is 47.8 Å². The molecule has 0 spiro atoms. The molecule has 0 bridgehead atoms. The molecule has 3 heterocycles. The fourth-order valence-corrected chi connectivity index (χ4v) is 3.74. The van der Waals surface area contributed by atoms with Crippen LogP contribution in [-0.4, -0.2) is 14.5 Å². The zero-order chi connectivity index (χ0) is 17.4. The highest BCUT2D eigenvalue weighted by Gasteiger charge is 2.13. The van der Waals surface area contributed by atoms with Gasteiger partial charge in [0, 0.05) is 17.1 Å². The summed E-state index contributed by atoms with van der Waals surface area (Å²) in [6, 6.07) is 11.8. The predicted molar refractivity (Wildman–Crippen MR) is 102 cm³/mol. The Bertz CT molecular complexity index is 1100. The van der Waals surface area contributed by atoms with Gasteiger partial charge in [-0.25, -0.2) is 9.97 Å². The highest BCUT2D eigenvalue weighted by Crippen LogP contribution is 2.30. The summed E-state index contributed by atoms with van der Waals surface area (Å²) in [5, 5.41) is 3.10. The zero-order valence-electron chi connectivity index (χ0n) is 13.4. The van der Waals surface area contributed by atoms with Gasteiger partial charge < -0.3 is 0 Å². The summed E-state index contributed by atoms with van der Waals surface area (Å²) in [6.07, 6.45) is 3.27. The average Bonchev–Trinajstić information content (AvgIpc) is 3.05. The van der Waals surface area contributed by atoms with E-state index in [-0.39, 0.29) is 5.56 Å². The summed E-state index contributed by atoms with van der Waals surface area (Å²) in [5.41, 5.74) is 4.01. The number of halogens is 1. The van der Waals surface area contributed by atoms with Crippen molar-refractivity contribution in [3.05, 3.63) is 80.9 Å². The van der Waals surface area contributed by atoms with Crippen LogP contribution in [0.3, 0.4) is 0 Å². The number of benzene rings is 1. The minimum Gasteiger partial charge on any atom is -0.294 e. The van der Waals surface area contributed by atoms with E-state index in [1.54, 1.807) is 23.2 Å². The van der Waals surface area contributed by atoms with Crippen LogP contribution in [0.25, 0.3) is 21.3 Å². The molecule has 25 heavy (non-hydrogen) atoms. The third-order valence-electron chi connectivity index (χ3n) is 4.06. The summed E-state index contributed by atoms with van der Waals surface area (Å²) >= 11 is 7.31. The number of thiophene rings is 1. The fraction of sp³-hybridized carbons (Fsp3) is 0.105. The number of hydrogen-bond acceptors (Lipinski definition) is 4. The van der Waals surface area contributed by atoms with E-state index in [1.807, 2.05) is 42.6 Å². The highest BCUT2D eigenvalue weighted by atomic mass is 35.5. The number of aryl methyl sites for hydroxylation is 1. The van der Waals surface area contributed by atoms with Gasteiger partial charge in [0.2, 0.25) is 0 Å². The minimum atomic E-state index is -0.0447. The molecule has 124 valence electrons. The lowest BCUT2D eigenvalue weighted by atomic mass is 10.1. The lowest BCUT2D eigenvalue weighted by molar-refractivity contribution is 0.746. The molecule has 0 aliphatic heterocycles. The summed E-state index contributed by atoms with van der Waals surface area (Å²) < 4.78 is 1.61. The van der Waals surface area contributed by atoms with Crippen LogP contribution >= 0.6 is 22.9 Å². The first kappa shape index (κ1) is 16.0. The van der Waals surface area contributed by atoms with Crippen LogP contribution in [0, 0.1) is 6.92 Å². The SMILES string of the molecule is Cc1ccc(-c2csc3ncn(Cc4ccc(Cl)nc4)c(=O)c23)cc1. The van der Waals surface area contributed by atoms with Crippen LogP contribution in [0.4, 0.5) is 0 Å². The van der Waals surface area contributed by atoms with Crippen molar-refractivity contribution in [1.82, 2.24) is 14.5 Å². The normalized spacial score (nSPS) is 11.1. The van der Waals surface area contributed by atoms with Crippen LogP contribution in [0.5, 0.6) is 0 Å². The van der Waals surface area contributed by atoms with E-state index in [0.29, 0.717) is 17.1 Å². The van der Waals surface area contributed by atoms with Crippen LogP contribution in [0.15, 0.2) is 59.1 Å². The Morgan fingerprint density at radius 1 is 1.12 bits per heavy atom. The first-order chi connectivity index (χ1) is 12.1. The average molecular weight is 368 g/mol. The van der Waals surface area contributed by atoms with Gasteiger partial charge in [0.25, 0.3) is 5.56 Å². The Labute approximate surface area is 153 Å². The van der Waals surface area contributed by atoms with Crippen molar-refractivity contribution < 1.29 is 0 Å². The lowest BCUT2D eigenvalue weighted by Crippen LogP contribution is -2.21. The van der Waals surface area contributed by atoms with E-state index >= 15 is 0 Å². The van der Waals surface area contributed by atoms with Crippen molar-refractivity contribution in [3.8, 4) is 11.1 Å². The number of aromatic nitrogens is 3. The van der Waals surface area contributed by atoms with Gasteiger partial charge in [0.15, 0.2) is 0 Å². The zero-order valence-corrected chi connectivity index (χ0v) is 15.0. The molecule has 0 atom stereocenters. The standard InChI is InChI=1S/C19H14ClN3OS/c1-12-2-5-14(6-3-12)15-10-25-18-17(15)19(24)23(11-22-18)9-13-4-7-16(20)21-8-13/h2-8,10-11H,9H2,1H3. The molecule has 0 saturated heterocycles. The van der Waals surface area contributed by atoms with Gasteiger partial charge in [0.1, 0.15) is 9.98 Å². The van der Waals surface area contributed by atoms with Crippen LogP contribution in [0.2, 0.25) is 5.15 Å². The van der Waals surface area contributed by atoms with Crippen molar-refractivity contribution in [1.29, 1.82) is 0 Å². The van der Waals surface area contributed by atoms with E-state index in [0.717, 1.165) is 21.5 Å². The van der Waals surface area contributed by atoms with Crippen LogP contribution in [0.1, 0.15) is 11.1 Å². The third kappa shape index (κ3) is 3.08. The third-order valence-corrected chi connectivity index (χ3v) is 5.17. The van der Waals surface area contributed by atoms with Gasteiger partial charge in [-0.15, -0.1) is 11.3 Å². The first-order valence-corrected chi connectivity index (χ1v) is 9.02. The lowest BCUT2D eigenvalue weighted by Gasteiger charge is -2.06. The second kappa shape index (κ2) is 6.43. The van der Waals surface area contributed by atoms with Crippen molar-refractivity contribution >= 4 is 33.2 Å². The number of rotatable bonds is 3. The fourth-order valence-electron chi connectivity index (χ4n) is 2.72. The maximum atomic E-state index is 13.0. The predicted octanol–water partition coefficient (Wildman–Crippen LogP) is 4.53. The van der Waals surface area contributed by atoms with Crippen molar-refractivity contribution in [3.63, 3.8) is 0 Å². The van der Waals surface area contributed by atoms with E-state index in [1.165, 1.54) is 16.9 Å². The first-order valence-electron chi connectivity index (χ1n) is 7.76. The highest BCUT2D eigenvalue weighted by molar-refractivity contribution is 7.17. The monoisotopic (exact) mass is 367 g/mol. The molecule has 6 heteroatoms. The molecule has 4 aromatic rings. The van der Waals surface area contributed by atoms with E-state index in [4.69, 9.17) is 11.6 Å². The van der Waals surface area contributed by atoms with Crippen LogP contribution < -0.4 is 5.56 Å². The van der Waals surface area contributed by atoms with Gasteiger partial charge >= 0.3 is 0 Å². The van der Waals surface area contributed by atoms with Crippen molar-refractivity contribution in [2.45, 2.75) is 13.5 Å². The van der Waals surface area contributed by atoms with Gasteiger partial charge in [-0.3, -0.25) is 9.36 Å². The summed E-state index contributed by atoms with van der Waals surface area (Å²) in [4.78, 5) is 22.3. The molecule has 0 aliphatic rings. The molecule has 0 N–H and O–H groups in total. The van der Waals surface area contributed by atoms with Gasteiger partial charge in [-0.2, -0.15) is 0 Å². The number of nitrogens with zero attached hydrogens (tertiary/aromatic N) is 3. The Morgan fingerprint density at radius 3 is 2.64 bits per heavy atom. The molecule has 4 nitrogen and oxygen atoms in total. The van der Waals surface area contributed by atoms with Crippen molar-refractivity contribution in [2.24, 2.45) is 0 Å². The van der Waals surface area contributed by atoms with E-state index in [9.17, 15) is 4.79 Å². The molecule has 0 fully saturated rings. The Hall–Kier alpha value is -2.50. The number of fused-ring (bicyclic) bond motifs is 1. The van der Waals surface area contributed by atoms with Gasteiger partial charge in [0.05, 0.1) is 18.3 Å². The second-order valence-electron chi connectivity index (χ2n) is 5.86. The maximum absolute atomic E-state index is 13.0. The molecule has 0 radical (unpaired) electrons. The van der Waals surface area contributed by atoms with Gasteiger partial charge in [-0.05, 0) is 24.1 Å².